The van der Waals surface area contributed by atoms with Crippen LogP contribution in [0.1, 0.15) is 354 Å². The first kappa shape index (κ1) is 81.2. The van der Waals surface area contributed by atoms with Gasteiger partial charge in [0, 0.05) is 6.42 Å². The molecule has 0 aliphatic heterocycles. The van der Waals surface area contributed by atoms with Gasteiger partial charge in [-0.3, -0.25) is 13.8 Å². The summed E-state index contributed by atoms with van der Waals surface area (Å²) in [6, 6.07) is -0.868. The van der Waals surface area contributed by atoms with Crippen molar-refractivity contribution in [2.75, 3.05) is 40.9 Å². The number of carbonyl (C=O) groups is 1. The zero-order chi connectivity index (χ0) is 60.5. The number of amides is 1. The number of nitrogens with one attached hydrogen (secondary N) is 1. The van der Waals surface area contributed by atoms with Crippen LogP contribution in [0.25, 0.3) is 0 Å². The first-order chi connectivity index (χ1) is 40.5. The van der Waals surface area contributed by atoms with Crippen LogP contribution >= 0.6 is 7.82 Å². The molecular weight excluding hydrogens is 1040 g/mol. The van der Waals surface area contributed by atoms with Crippen LogP contribution < -0.4 is 5.32 Å². The summed E-state index contributed by atoms with van der Waals surface area (Å²) in [5.74, 6) is -0.184. The van der Waals surface area contributed by atoms with Crippen LogP contribution in [0.4, 0.5) is 0 Å². The minimum absolute atomic E-state index is 0.0554. The molecule has 0 spiro atoms. The first-order valence-corrected chi connectivity index (χ1v) is 37.7. The number of quaternary nitrogens is 1. The third kappa shape index (κ3) is 67.6. The summed E-state index contributed by atoms with van der Waals surface area (Å²) in [5.41, 5.74) is 0. The van der Waals surface area contributed by atoms with Gasteiger partial charge in [-0.1, -0.05) is 338 Å². The molecule has 0 aliphatic carbocycles. The Bertz CT molecular complexity index is 1540. The Balaban J connectivity index is 4.08. The number of aliphatic hydroxyl groups is 1. The maximum absolute atomic E-state index is 13.1. The second kappa shape index (κ2) is 64.7. The average Bonchev–Trinajstić information content (AvgIpc) is 3.50. The molecule has 83 heavy (non-hydrogen) atoms. The average molecular weight is 1190 g/mol. The molecule has 0 saturated heterocycles. The van der Waals surface area contributed by atoms with Crippen molar-refractivity contribution in [1.29, 1.82) is 0 Å². The molecule has 0 aliphatic rings. The van der Waals surface area contributed by atoms with E-state index in [-0.39, 0.29) is 19.1 Å². The van der Waals surface area contributed by atoms with Crippen molar-refractivity contribution in [2.24, 2.45) is 0 Å². The second-order valence-electron chi connectivity index (χ2n) is 26.0. The van der Waals surface area contributed by atoms with Crippen molar-refractivity contribution in [3.05, 3.63) is 60.8 Å². The predicted octanol–water partition coefficient (Wildman–Crippen LogP) is 23.2. The monoisotopic (exact) mass is 1190 g/mol. The van der Waals surface area contributed by atoms with Gasteiger partial charge < -0.3 is 19.8 Å². The Hall–Kier alpha value is -1.80. The van der Waals surface area contributed by atoms with Gasteiger partial charge >= 0.3 is 7.82 Å². The number of carbonyl (C=O) groups excluding carboxylic acids is 1. The second-order valence-corrected chi connectivity index (χ2v) is 27.4. The topological polar surface area (TPSA) is 105 Å². The van der Waals surface area contributed by atoms with Crippen molar-refractivity contribution in [3.8, 4) is 0 Å². The van der Waals surface area contributed by atoms with Crippen molar-refractivity contribution in [2.45, 2.75) is 366 Å². The van der Waals surface area contributed by atoms with Crippen LogP contribution in [0.3, 0.4) is 0 Å². The third-order valence-electron chi connectivity index (χ3n) is 16.5. The van der Waals surface area contributed by atoms with Gasteiger partial charge in [0.1, 0.15) is 13.2 Å². The predicted molar refractivity (Wildman–Crippen MR) is 364 cm³/mol. The molecule has 0 rings (SSSR count). The molecule has 3 atom stereocenters. The van der Waals surface area contributed by atoms with E-state index >= 15 is 0 Å². The molecule has 0 aromatic rings. The van der Waals surface area contributed by atoms with Crippen LogP contribution in [0.15, 0.2) is 60.8 Å². The summed E-state index contributed by atoms with van der Waals surface area (Å²) in [6.07, 6.45) is 89.6. The molecule has 8 nitrogen and oxygen atoms in total. The number of hydrogen-bond acceptors (Lipinski definition) is 5. The Labute approximate surface area is 517 Å². The number of phosphoric acid groups is 1. The highest BCUT2D eigenvalue weighted by molar-refractivity contribution is 7.47. The Morgan fingerprint density at radius 3 is 1.05 bits per heavy atom. The minimum Gasteiger partial charge on any atom is -0.387 e. The van der Waals surface area contributed by atoms with Gasteiger partial charge in [0.2, 0.25) is 5.91 Å². The SMILES string of the molecule is CCCCCCC/C=C\C/C=C\C/C=C\CCCCCCCCCCCCCCCCC(=O)NC(COP(=O)(O)OCC[N+](C)(C)C)C(O)/C=C/CC/C=C/CCCCCCCCCCCCCCCCCCCCCCCCCCCC. The van der Waals surface area contributed by atoms with Crippen molar-refractivity contribution in [1.82, 2.24) is 5.32 Å². The van der Waals surface area contributed by atoms with Gasteiger partial charge in [-0.25, -0.2) is 4.57 Å². The smallest absolute Gasteiger partial charge is 0.387 e. The van der Waals surface area contributed by atoms with E-state index in [0.717, 1.165) is 51.4 Å². The zero-order valence-corrected chi connectivity index (χ0v) is 56.8. The number of rotatable bonds is 67. The highest BCUT2D eigenvalue weighted by Crippen LogP contribution is 2.43. The molecule has 3 N–H and O–H groups in total. The van der Waals surface area contributed by atoms with Gasteiger partial charge in [0.15, 0.2) is 0 Å². The normalized spacial score (nSPS) is 14.0. The van der Waals surface area contributed by atoms with E-state index in [9.17, 15) is 19.4 Å². The molecular formula is C74H142N2O6P+. The summed E-state index contributed by atoms with van der Waals surface area (Å²) in [5, 5.41) is 14.0. The number of phosphoric ester groups is 1. The summed E-state index contributed by atoms with van der Waals surface area (Å²) < 4.78 is 23.8. The molecule has 0 heterocycles. The van der Waals surface area contributed by atoms with E-state index in [4.69, 9.17) is 9.05 Å². The van der Waals surface area contributed by atoms with Gasteiger partial charge in [-0.15, -0.1) is 0 Å². The third-order valence-corrected chi connectivity index (χ3v) is 17.4. The zero-order valence-electron chi connectivity index (χ0n) is 55.9. The van der Waals surface area contributed by atoms with E-state index in [1.165, 1.54) is 283 Å². The van der Waals surface area contributed by atoms with Gasteiger partial charge in [-0.2, -0.15) is 0 Å². The van der Waals surface area contributed by atoms with Crippen LogP contribution in [-0.4, -0.2) is 73.4 Å². The Morgan fingerprint density at radius 2 is 0.699 bits per heavy atom. The molecule has 1 amide bonds. The maximum atomic E-state index is 13.1. The highest BCUT2D eigenvalue weighted by atomic mass is 31.2. The van der Waals surface area contributed by atoms with Crippen LogP contribution in [-0.2, 0) is 18.4 Å². The Kier molecular flexibility index (Phi) is 63.3. The van der Waals surface area contributed by atoms with Crippen LogP contribution in [0.5, 0.6) is 0 Å². The van der Waals surface area contributed by atoms with E-state index in [1.54, 1.807) is 6.08 Å². The molecule has 9 heteroatoms. The maximum Gasteiger partial charge on any atom is 0.472 e. The minimum atomic E-state index is -4.37. The fourth-order valence-electron chi connectivity index (χ4n) is 10.8. The lowest BCUT2D eigenvalue weighted by molar-refractivity contribution is -0.870. The lowest BCUT2D eigenvalue weighted by Gasteiger charge is -2.25. The molecule has 0 bridgehead atoms. The summed E-state index contributed by atoms with van der Waals surface area (Å²) in [4.78, 5) is 23.4. The van der Waals surface area contributed by atoms with E-state index in [2.05, 4.69) is 67.8 Å². The number of allylic oxidation sites excluding steroid dienone is 9. The number of likely N-dealkylation sites (N-methyl/N-ethyl adjacent to an activating group) is 1. The van der Waals surface area contributed by atoms with Gasteiger partial charge in [-0.05, 0) is 70.6 Å². The van der Waals surface area contributed by atoms with Crippen molar-refractivity contribution >= 4 is 13.7 Å². The fourth-order valence-corrected chi connectivity index (χ4v) is 11.6. The molecule has 0 radical (unpaired) electrons. The van der Waals surface area contributed by atoms with E-state index in [1.807, 2.05) is 27.2 Å². The van der Waals surface area contributed by atoms with Crippen molar-refractivity contribution < 1.29 is 32.9 Å². The number of aliphatic hydroxyl groups excluding tert-OH is 1. The molecule has 3 unspecified atom stereocenters. The number of unbranched alkanes of at least 4 members (excludes halogenated alkanes) is 46. The van der Waals surface area contributed by atoms with Crippen LogP contribution in [0.2, 0.25) is 0 Å². The van der Waals surface area contributed by atoms with E-state index < -0.39 is 20.0 Å². The molecule has 0 aromatic heterocycles. The lowest BCUT2D eigenvalue weighted by atomic mass is 10.0. The first-order valence-electron chi connectivity index (χ1n) is 36.2. The highest BCUT2D eigenvalue weighted by Gasteiger charge is 2.28. The fraction of sp³-hybridized carbons (Fsp3) is 0.851. The largest absolute Gasteiger partial charge is 0.472 e. The quantitative estimate of drug-likeness (QED) is 0.0243. The summed E-state index contributed by atoms with van der Waals surface area (Å²) in [6.45, 7) is 4.83. The molecule has 0 fully saturated rings. The molecule has 488 valence electrons. The lowest BCUT2D eigenvalue weighted by Crippen LogP contribution is -2.45. The molecule has 0 saturated carbocycles. The Morgan fingerprint density at radius 1 is 0.410 bits per heavy atom. The molecule has 0 aromatic carbocycles. The summed E-state index contributed by atoms with van der Waals surface area (Å²) >= 11 is 0. The van der Waals surface area contributed by atoms with E-state index in [0.29, 0.717) is 17.4 Å². The number of nitrogens with zero attached hydrogens (tertiary/aromatic N) is 1. The van der Waals surface area contributed by atoms with Crippen molar-refractivity contribution in [3.63, 3.8) is 0 Å². The van der Waals surface area contributed by atoms with Gasteiger partial charge in [0.25, 0.3) is 0 Å². The summed E-state index contributed by atoms with van der Waals surface area (Å²) in [7, 11) is 1.56. The van der Waals surface area contributed by atoms with Gasteiger partial charge in [0.05, 0.1) is 39.9 Å². The number of hydrogen-bond donors (Lipinski definition) is 3. The van der Waals surface area contributed by atoms with Crippen LogP contribution in [0, 0.1) is 0 Å². The standard InChI is InChI=1S/C74H141N2O6P/c1-6-8-10-12-14-16-18-20-22-24-26-28-30-32-34-36-37-38-40-41-43-45-47-49-51-53-55-57-59-61-63-65-67-73(77)72(71-82-83(79,80)81-70-69-76(3,4)5)75-74(78)68-66-64-62-60-58-56-54-52-50-48-46-44-42-39-35-33-31-29-27-25-23-21-19-17-15-13-11-9-7-2/h19,21,25,27,31,33,57,59,65,67,72-73,77H,6-18,20,22-24,26,28-30,32,34-56,58,60-64,66,68-71H2,1-5H3,(H-,75,78,79,80)/p+1/b21-19-,27-25-,33-31-,59-57+,67-65+.